The Bertz CT molecular complexity index is 3490. The molecule has 3 N–H and O–H groups in total. The fraction of sp³-hybridized carbons (Fsp3) is 0.483. The van der Waals surface area contributed by atoms with Gasteiger partial charge in [0.2, 0.25) is 0 Å². The molecule has 7 aromatic rings. The second-order valence-electron chi connectivity index (χ2n) is 25.5. The molecule has 0 aliphatic heterocycles. The van der Waals surface area contributed by atoms with Crippen LogP contribution in [0.3, 0.4) is 0 Å². The average molecular weight is 1530 g/mol. The first-order valence-corrected chi connectivity index (χ1v) is 46.0. The summed E-state index contributed by atoms with van der Waals surface area (Å²) in [6.07, 6.45) is 7.46. The van der Waals surface area contributed by atoms with Crippen molar-refractivity contribution in [3.05, 3.63) is 143 Å². The number of anilines is 1. The quantitative estimate of drug-likeness (QED) is 0.0106. The van der Waals surface area contributed by atoms with E-state index in [1.165, 1.54) is 99.5 Å². The number of hydrogen-bond acceptors (Lipinski definition) is 18. The van der Waals surface area contributed by atoms with E-state index in [1.54, 1.807) is 6.92 Å². The number of nitrogens with two attached hydrogens (primary N) is 1. The average Bonchev–Trinajstić information content (AvgIpc) is 1.70. The largest absolute Gasteiger partial charge is 0.435 e. The normalized spacial score (nSPS) is 11.4. The van der Waals surface area contributed by atoms with E-state index in [-0.39, 0.29) is 70.8 Å². The van der Waals surface area contributed by atoms with Crippen LogP contribution in [0, 0.1) is 37.3 Å². The summed E-state index contributed by atoms with van der Waals surface area (Å²) >= 11 is 23.0. The molecule has 7 rings (SSSR count). The van der Waals surface area contributed by atoms with E-state index >= 15 is 0 Å². The summed E-state index contributed by atoms with van der Waals surface area (Å²) in [6, 6.07) is 17.2. The van der Waals surface area contributed by atoms with Crippen molar-refractivity contribution in [3.8, 4) is 39.8 Å². The molecule has 0 amide bonds. The molecule has 0 fully saturated rings. The first-order chi connectivity index (χ1) is 45.1. The highest BCUT2D eigenvalue weighted by Gasteiger charge is 2.27. The fourth-order valence-corrected chi connectivity index (χ4v) is 10.7. The smallest absolute Gasteiger partial charge is 0.387 e. The van der Waals surface area contributed by atoms with Gasteiger partial charge < -0.3 is 38.9 Å². The molecule has 3 aromatic carbocycles. The van der Waals surface area contributed by atoms with Gasteiger partial charge in [-0.05, 0) is 91.3 Å². The highest BCUT2D eigenvalue weighted by atomic mass is 35.5. The predicted molar refractivity (Wildman–Crippen MR) is 374 cm³/mol. The van der Waals surface area contributed by atoms with Gasteiger partial charge in [-0.15, -0.1) is 0 Å². The van der Waals surface area contributed by atoms with E-state index in [4.69, 9.17) is 71.1 Å². The Morgan fingerprint density at radius 2 is 0.990 bits per heavy atom. The van der Waals surface area contributed by atoms with Gasteiger partial charge in [-0.1, -0.05) is 125 Å². The number of benzene rings is 3. The van der Waals surface area contributed by atoms with Gasteiger partial charge in [-0.2, -0.15) is 46.7 Å². The van der Waals surface area contributed by atoms with Gasteiger partial charge >= 0.3 is 36.9 Å². The lowest BCUT2D eigenvalue weighted by molar-refractivity contribution is -0.385. The number of ether oxygens (including phenoxy) is 7. The molecule has 4 aromatic heterocycles. The van der Waals surface area contributed by atoms with Crippen LogP contribution >= 0.6 is 46.4 Å². The Balaban J connectivity index is 0.000000418. The number of halogens is 10. The maximum absolute atomic E-state index is 12.7. The first kappa shape index (κ1) is 86.4. The standard InChI is InChI=1S/C16H20ClF2N3O4Si.C16H22ClF2N3O2Si.C9H17N3O3Si.C8H7ClF2O.C6H15ClOSi.C3H3N3O2/c1-27(2,3)7-6-25-10-21-15(13(9-20-21)22(23)24)12-8-11(17)4-5-14(12)26-16(18)19;1-25(2,3)7-6-23-10-22-15(13(20)9-21-22)12-8-11(17)4-5-14(12)24-16(18)19;1-16(2,3)5-4-15-8-11-7-9(6-10-11)12(13)14;1-5-4-6(12-8(10)11)2-3-7(5)9;1-9(2,3)5-4-8-6-7;7-6(8)3-1-4-5-2-3/h4-5,8-9,16H,6-7,10H2,1-3H3;4-5,8-9,16H,6-7,10,20H2,1-3H3;6-7H,4-5,8H2,1-3H3;2-4,8H,1H3;4-6H2,1-3H3;1-2H,(H,4,5). The Labute approximate surface area is 582 Å². The number of aromatic nitrogens is 8. The summed E-state index contributed by atoms with van der Waals surface area (Å²) in [5.41, 5.74) is 7.47. The molecule has 97 heavy (non-hydrogen) atoms. The van der Waals surface area contributed by atoms with Crippen LogP contribution in [0.1, 0.15) is 5.56 Å². The van der Waals surface area contributed by atoms with Crippen LogP contribution in [0.15, 0.2) is 91.8 Å². The zero-order chi connectivity index (χ0) is 73.4. The van der Waals surface area contributed by atoms with Crippen molar-refractivity contribution < 1.29 is 74.3 Å². The molecular weight excluding hydrogens is 1440 g/mol. The van der Waals surface area contributed by atoms with Crippen LogP contribution < -0.4 is 19.9 Å². The lowest BCUT2D eigenvalue weighted by Gasteiger charge is -2.17. The van der Waals surface area contributed by atoms with Gasteiger partial charge in [0.05, 0.1) is 44.1 Å². The Morgan fingerprint density at radius 1 is 0.546 bits per heavy atom. The van der Waals surface area contributed by atoms with E-state index in [9.17, 15) is 56.7 Å². The van der Waals surface area contributed by atoms with Crippen molar-refractivity contribution in [2.24, 2.45) is 0 Å². The molecule has 0 atom stereocenters. The lowest BCUT2D eigenvalue weighted by atomic mass is 10.1. The van der Waals surface area contributed by atoms with E-state index in [2.05, 4.69) is 118 Å². The molecule has 25 nitrogen and oxygen atoms in total. The molecule has 0 saturated carbocycles. The molecule has 0 aliphatic rings. The van der Waals surface area contributed by atoms with E-state index < -0.39 is 66.9 Å². The summed E-state index contributed by atoms with van der Waals surface area (Å²) in [4.78, 5) is 30.0. The molecule has 540 valence electrons. The number of nitrogens with zero attached hydrogens (tertiary/aromatic N) is 10. The number of aromatic amines is 1. The fourth-order valence-electron chi connectivity index (χ4n) is 7.13. The first-order valence-electron chi connectivity index (χ1n) is 29.5. The molecule has 0 bridgehead atoms. The maximum Gasteiger partial charge on any atom is 0.387 e. The number of rotatable bonds is 30. The van der Waals surface area contributed by atoms with E-state index in [1.807, 2.05) is 0 Å². The number of H-pyrrole nitrogens is 1. The van der Waals surface area contributed by atoms with Crippen molar-refractivity contribution in [2.45, 2.75) is 150 Å². The predicted octanol–water partition coefficient (Wildman–Crippen LogP) is 17.9. The number of nitrogen functional groups attached to an aromatic ring is 1. The van der Waals surface area contributed by atoms with Gasteiger partial charge in [-0.25, -0.2) is 14.0 Å². The summed E-state index contributed by atoms with van der Waals surface area (Å²) in [5, 5.41) is 50.4. The van der Waals surface area contributed by atoms with Crippen LogP contribution in [0.4, 0.5) is 49.1 Å². The molecule has 39 heteroatoms. The minimum Gasteiger partial charge on any atom is -0.435 e. The van der Waals surface area contributed by atoms with E-state index in [0.717, 1.165) is 42.7 Å². The highest BCUT2D eigenvalue weighted by Crippen LogP contribution is 2.40. The summed E-state index contributed by atoms with van der Waals surface area (Å²) in [5.74, 6) is -0.122. The van der Waals surface area contributed by atoms with Gasteiger partial charge in [0.1, 0.15) is 68.3 Å². The van der Waals surface area contributed by atoms with Gasteiger partial charge in [-0.3, -0.25) is 35.4 Å². The van der Waals surface area contributed by atoms with Crippen molar-refractivity contribution in [1.82, 2.24) is 39.5 Å². The number of alkyl halides is 7. The Morgan fingerprint density at radius 3 is 1.38 bits per heavy atom. The zero-order valence-electron chi connectivity index (χ0n) is 56.0. The molecule has 0 radical (unpaired) electrons. The number of nitrogens with one attached hydrogen (secondary N) is 1. The second kappa shape index (κ2) is 42.3. The minimum absolute atomic E-state index is 0.00574. The maximum atomic E-state index is 12.7. The lowest BCUT2D eigenvalue weighted by Crippen LogP contribution is -2.22. The highest BCUT2D eigenvalue weighted by molar-refractivity contribution is 6.77. The third kappa shape index (κ3) is 36.7. The number of nitro groups is 3. The molecular formula is C58H84Cl4F6N12O13Si4. The van der Waals surface area contributed by atoms with Crippen molar-refractivity contribution in [2.75, 3.05) is 38.2 Å². The summed E-state index contributed by atoms with van der Waals surface area (Å²) in [7, 11) is -4.46. The Hall–Kier alpha value is -6.65. The van der Waals surface area contributed by atoms with Crippen molar-refractivity contribution in [1.29, 1.82) is 0 Å². The van der Waals surface area contributed by atoms with Crippen LogP contribution in [-0.2, 0) is 39.1 Å². The van der Waals surface area contributed by atoms with Gasteiger partial charge in [0.15, 0.2) is 5.69 Å². The van der Waals surface area contributed by atoms with Gasteiger partial charge in [0.25, 0.3) is 0 Å². The van der Waals surface area contributed by atoms with Crippen LogP contribution in [0.25, 0.3) is 22.5 Å². The molecule has 4 heterocycles. The van der Waals surface area contributed by atoms with Crippen LogP contribution in [0.5, 0.6) is 17.2 Å². The van der Waals surface area contributed by atoms with Crippen molar-refractivity contribution in [3.63, 3.8) is 0 Å². The number of aryl methyl sites for hydroxylation is 1. The SMILES string of the molecule is C[Si](C)(C)CCOCCl.C[Si](C)(C)CCOCn1cc([N+](=O)[O-])cn1.C[Si](C)(C)CCOCn1ncc(N)c1-c1cc(Cl)ccc1OC(F)F.C[Si](C)(C)CCOCn1ncc([N+](=O)[O-])c1-c1cc(Cl)ccc1OC(F)F.Cc1cc(OC(F)F)ccc1Cl.O=[N+]([O-])c1cn[nH]c1. The van der Waals surface area contributed by atoms with Gasteiger partial charge in [0, 0.05) is 79.4 Å². The number of hydrogen-bond donors (Lipinski definition) is 2. The zero-order valence-corrected chi connectivity index (χ0v) is 63.0. The summed E-state index contributed by atoms with van der Waals surface area (Å²) < 4.78 is 113. The molecule has 0 spiro atoms. The minimum atomic E-state index is -3.09. The second-order valence-corrected chi connectivity index (χ2v) is 49.5. The molecule has 0 saturated heterocycles. The van der Waals surface area contributed by atoms with E-state index in [0.29, 0.717) is 52.9 Å². The topological polar surface area (TPSA) is 302 Å². The third-order valence-corrected chi connectivity index (χ3v) is 20.2. The Kier molecular flexibility index (Phi) is 37.7. The van der Waals surface area contributed by atoms with Crippen LogP contribution in [-0.4, -0.2) is 139 Å². The molecule has 0 aliphatic carbocycles. The third-order valence-electron chi connectivity index (χ3n) is 12.3. The van der Waals surface area contributed by atoms with Crippen LogP contribution in [0.2, 0.25) is 118 Å². The monoisotopic (exact) mass is 1520 g/mol. The van der Waals surface area contributed by atoms with Crippen molar-refractivity contribution >= 4 is 101 Å². The molecule has 0 unspecified atom stereocenters. The summed E-state index contributed by atoms with van der Waals surface area (Å²) in [6.45, 7) is 23.0.